The maximum absolute atomic E-state index is 12.1. The van der Waals surface area contributed by atoms with Crippen LogP contribution in [0, 0.1) is 5.92 Å². The van der Waals surface area contributed by atoms with Gasteiger partial charge in [0.05, 0.1) is 12.5 Å². The van der Waals surface area contributed by atoms with Gasteiger partial charge in [-0.2, -0.15) is 0 Å². The van der Waals surface area contributed by atoms with Crippen LogP contribution < -0.4 is 5.32 Å². The summed E-state index contributed by atoms with van der Waals surface area (Å²) in [7, 11) is 1.58. The van der Waals surface area contributed by atoms with Crippen LogP contribution in [0.2, 0.25) is 0 Å². The molecule has 2 rings (SSSR count). The van der Waals surface area contributed by atoms with Gasteiger partial charge in [0.15, 0.2) is 0 Å². The molecule has 2 aromatic rings. The minimum atomic E-state index is -0.918. The van der Waals surface area contributed by atoms with Crippen LogP contribution in [0.1, 0.15) is 24.7 Å². The number of nitrogens with one attached hydrogen (secondary N) is 1. The molecule has 1 unspecified atom stereocenters. The number of carbonyl (C=O) groups is 2. The molecule has 0 aliphatic carbocycles. The largest absolute Gasteiger partial charge is 0.481 e. The Hall–Kier alpha value is -2.83. The fourth-order valence-electron chi connectivity index (χ4n) is 2.67. The maximum atomic E-state index is 12.1. The second-order valence-corrected chi connectivity index (χ2v) is 6.40. The summed E-state index contributed by atoms with van der Waals surface area (Å²) in [5, 5.41) is 11.7. The molecular weight excluding hydrogens is 332 g/mol. The molecule has 1 heterocycles. The monoisotopic (exact) mass is 358 g/mol. The third-order valence-electron chi connectivity index (χ3n) is 4.22. The van der Waals surface area contributed by atoms with Crippen LogP contribution in [0.4, 0.5) is 4.79 Å². The first-order valence-corrected chi connectivity index (χ1v) is 8.73. The molecule has 2 amide bonds. The number of hydrogen-bond donors (Lipinski definition) is 2. The van der Waals surface area contributed by atoms with Crippen molar-refractivity contribution in [2.24, 2.45) is 5.92 Å². The smallest absolute Gasteiger partial charge is 0.317 e. The predicted octanol–water partition coefficient (Wildman–Crippen LogP) is 2.38. The van der Waals surface area contributed by atoms with Crippen molar-refractivity contribution in [1.82, 2.24) is 19.8 Å². The predicted molar refractivity (Wildman–Crippen MR) is 98.7 cm³/mol. The highest BCUT2D eigenvalue weighted by atomic mass is 16.4. The lowest BCUT2D eigenvalue weighted by Crippen LogP contribution is -2.40. The molecular formula is C19H26N4O3. The van der Waals surface area contributed by atoms with Crippen LogP contribution in [-0.2, 0) is 24.3 Å². The number of amides is 2. The van der Waals surface area contributed by atoms with Gasteiger partial charge in [-0.15, -0.1) is 0 Å². The number of rotatable bonds is 9. The van der Waals surface area contributed by atoms with E-state index < -0.39 is 11.9 Å². The van der Waals surface area contributed by atoms with Crippen LogP contribution in [0.15, 0.2) is 42.7 Å². The Morgan fingerprint density at radius 1 is 1.31 bits per heavy atom. The van der Waals surface area contributed by atoms with Gasteiger partial charge in [-0.25, -0.2) is 9.78 Å². The average Bonchev–Trinajstić information content (AvgIpc) is 3.07. The normalized spacial score (nSPS) is 11.8. The van der Waals surface area contributed by atoms with Gasteiger partial charge in [-0.05, 0) is 18.4 Å². The molecule has 7 nitrogen and oxygen atoms in total. The van der Waals surface area contributed by atoms with Crippen molar-refractivity contribution in [3.05, 3.63) is 54.1 Å². The number of aliphatic carboxylic acids is 1. The first kappa shape index (κ1) is 19.5. The Morgan fingerprint density at radius 3 is 2.73 bits per heavy atom. The van der Waals surface area contributed by atoms with E-state index in [4.69, 9.17) is 5.11 Å². The Labute approximate surface area is 153 Å². The van der Waals surface area contributed by atoms with Gasteiger partial charge >= 0.3 is 12.0 Å². The summed E-state index contributed by atoms with van der Waals surface area (Å²) in [5.41, 5.74) is 1.30. The highest BCUT2D eigenvalue weighted by molar-refractivity contribution is 5.75. The van der Waals surface area contributed by atoms with Crippen LogP contribution in [0.3, 0.4) is 0 Å². The molecule has 2 N–H and O–H groups in total. The van der Waals surface area contributed by atoms with Crippen molar-refractivity contribution in [2.45, 2.75) is 32.9 Å². The number of carbonyl (C=O) groups excluding carboxylic acids is 1. The molecule has 140 valence electrons. The van der Waals surface area contributed by atoms with Crippen molar-refractivity contribution in [1.29, 1.82) is 0 Å². The highest BCUT2D eigenvalue weighted by Crippen LogP contribution is 2.06. The molecule has 1 aromatic heterocycles. The topological polar surface area (TPSA) is 87.5 Å². The van der Waals surface area contributed by atoms with Crippen LogP contribution in [0.5, 0.6) is 0 Å². The number of urea groups is 1. The molecule has 0 aliphatic rings. The average molecular weight is 358 g/mol. The molecule has 0 bridgehead atoms. The zero-order valence-electron chi connectivity index (χ0n) is 15.3. The number of nitrogens with zero attached hydrogens (tertiary/aromatic N) is 3. The third kappa shape index (κ3) is 5.91. The second kappa shape index (κ2) is 9.60. The standard InChI is InChI=1S/C19H26N4O3/c1-15(18(24)25)14-22(2)19(26)21-13-17-20-10-12-23(17)11-6-9-16-7-4-3-5-8-16/h3-5,7-8,10,12,15H,6,9,11,13-14H2,1-2H3,(H,21,26)(H,24,25). The number of aryl methyl sites for hydroxylation is 2. The Bertz CT molecular complexity index is 715. The number of benzene rings is 1. The van der Waals surface area contributed by atoms with Gasteiger partial charge in [-0.1, -0.05) is 37.3 Å². The Kier molecular flexibility index (Phi) is 7.20. The van der Waals surface area contributed by atoms with E-state index in [2.05, 4.69) is 22.4 Å². The van der Waals surface area contributed by atoms with E-state index in [1.807, 2.05) is 29.0 Å². The number of carboxylic acids is 1. The van der Waals surface area contributed by atoms with E-state index in [1.165, 1.54) is 10.5 Å². The number of imidazole rings is 1. The van der Waals surface area contributed by atoms with Gasteiger partial charge in [-0.3, -0.25) is 4.79 Å². The zero-order valence-corrected chi connectivity index (χ0v) is 15.3. The van der Waals surface area contributed by atoms with Crippen molar-refractivity contribution >= 4 is 12.0 Å². The van der Waals surface area contributed by atoms with E-state index in [0.29, 0.717) is 6.54 Å². The highest BCUT2D eigenvalue weighted by Gasteiger charge is 2.17. The van der Waals surface area contributed by atoms with Crippen molar-refractivity contribution in [3.8, 4) is 0 Å². The molecule has 1 atom stereocenters. The lowest BCUT2D eigenvalue weighted by Gasteiger charge is -2.20. The van der Waals surface area contributed by atoms with Gasteiger partial charge < -0.3 is 19.9 Å². The minimum absolute atomic E-state index is 0.159. The SMILES string of the molecule is CC(CN(C)C(=O)NCc1nccn1CCCc1ccccc1)C(=O)O. The summed E-state index contributed by atoms with van der Waals surface area (Å²) in [4.78, 5) is 28.6. The lowest BCUT2D eigenvalue weighted by atomic mass is 10.1. The molecule has 0 radical (unpaired) electrons. The van der Waals surface area contributed by atoms with Gasteiger partial charge in [0.25, 0.3) is 0 Å². The third-order valence-corrected chi connectivity index (χ3v) is 4.22. The first-order chi connectivity index (χ1) is 12.5. The van der Waals surface area contributed by atoms with Crippen LogP contribution >= 0.6 is 0 Å². The van der Waals surface area contributed by atoms with E-state index >= 15 is 0 Å². The number of aromatic nitrogens is 2. The summed E-state index contributed by atoms with van der Waals surface area (Å²) < 4.78 is 2.03. The van der Waals surface area contributed by atoms with Gasteiger partial charge in [0.1, 0.15) is 5.82 Å². The lowest BCUT2D eigenvalue weighted by molar-refractivity contribution is -0.141. The summed E-state index contributed by atoms with van der Waals surface area (Å²) in [6.07, 6.45) is 5.60. The van der Waals surface area contributed by atoms with E-state index in [1.54, 1.807) is 20.2 Å². The molecule has 26 heavy (non-hydrogen) atoms. The van der Waals surface area contributed by atoms with Crippen LogP contribution in [0.25, 0.3) is 0 Å². The van der Waals surface area contributed by atoms with Gasteiger partial charge in [0, 0.05) is 32.5 Å². The zero-order chi connectivity index (χ0) is 18.9. The number of carboxylic acid groups (broad SMARTS) is 1. The van der Waals surface area contributed by atoms with Crippen molar-refractivity contribution < 1.29 is 14.7 Å². The molecule has 1 aromatic carbocycles. The summed E-state index contributed by atoms with van der Waals surface area (Å²) in [6.45, 7) is 2.87. The Balaban J connectivity index is 1.79. The summed E-state index contributed by atoms with van der Waals surface area (Å²) in [6, 6.07) is 10.0. The molecule has 0 saturated heterocycles. The maximum Gasteiger partial charge on any atom is 0.317 e. The van der Waals surface area contributed by atoms with Gasteiger partial charge in [0.2, 0.25) is 0 Å². The Morgan fingerprint density at radius 2 is 2.04 bits per heavy atom. The van der Waals surface area contributed by atoms with E-state index in [-0.39, 0.29) is 12.6 Å². The summed E-state index contributed by atoms with van der Waals surface area (Å²) in [5.74, 6) is -0.740. The summed E-state index contributed by atoms with van der Waals surface area (Å²) >= 11 is 0. The van der Waals surface area contributed by atoms with E-state index in [0.717, 1.165) is 25.2 Å². The molecule has 0 saturated carbocycles. The minimum Gasteiger partial charge on any atom is -0.481 e. The quantitative estimate of drug-likeness (QED) is 0.720. The van der Waals surface area contributed by atoms with Crippen molar-refractivity contribution in [2.75, 3.05) is 13.6 Å². The molecule has 0 aliphatic heterocycles. The number of hydrogen-bond acceptors (Lipinski definition) is 3. The molecule has 7 heteroatoms. The molecule has 0 fully saturated rings. The van der Waals surface area contributed by atoms with Crippen molar-refractivity contribution in [3.63, 3.8) is 0 Å². The fraction of sp³-hybridized carbons (Fsp3) is 0.421. The second-order valence-electron chi connectivity index (χ2n) is 6.40. The van der Waals surface area contributed by atoms with E-state index in [9.17, 15) is 9.59 Å². The molecule has 0 spiro atoms. The first-order valence-electron chi connectivity index (χ1n) is 8.73. The van der Waals surface area contributed by atoms with Crippen LogP contribution in [-0.4, -0.2) is 45.2 Å². The fourth-order valence-corrected chi connectivity index (χ4v) is 2.67.